The number of amides is 2. The van der Waals surface area contributed by atoms with Gasteiger partial charge in [0.2, 0.25) is 0 Å². The summed E-state index contributed by atoms with van der Waals surface area (Å²) in [6, 6.07) is 23.1. The van der Waals surface area contributed by atoms with Gasteiger partial charge in [-0.15, -0.1) is 0 Å². The Bertz CT molecular complexity index is 2410. The number of nitrogens with one attached hydrogen (secondary N) is 3. The Labute approximate surface area is 442 Å². The van der Waals surface area contributed by atoms with Gasteiger partial charge in [0.05, 0.1) is 54.7 Å². The van der Waals surface area contributed by atoms with Crippen LogP contribution in [0.1, 0.15) is 46.0 Å². The van der Waals surface area contributed by atoms with Gasteiger partial charge in [0, 0.05) is 48.1 Å². The maximum absolute atomic E-state index is 13.5. The van der Waals surface area contributed by atoms with Gasteiger partial charge in [-0.1, -0.05) is 26.2 Å². The normalized spacial score (nSPS) is 16.3. The highest BCUT2D eigenvalue weighted by molar-refractivity contribution is 14.1. The molecule has 7 rings (SSSR count). The standard InChI is InChI=1S/C20H21FN4O5.C9H19N.C7H6BrFO.C7H6FIO.C6H4BrFO.CH3F/c1-29-15-10-12(21)4-7-14(15)25-8-9-30-17(20(25)28)16(26)19(27)24-13-5-2-11(3-6-13)18(22)23;1-3-8-6-4-5-7-9(8)10-2;1-10-7-4-5(9)2-3-6(7)8;1-10-7-4-5(8)2-3-6(7)9;7-5-2-1-4(8)3-6(5)9;1-2/h2-7,10,16-17,26H,8-9H2,1H3,(H3,22,23)(H,24,27);8-10H,3-7H2,1-2H3;2*2-4H,1H3;1-3,9H;1H3/t16-,17-;8-,9-;;;;/m11..../s1/i;;;;;1D. The average Bonchev–Trinajstić information content (AvgIpc) is 3.37. The molecule has 2 amide bonds. The number of benzene rings is 5. The number of amidine groups is 1. The van der Waals surface area contributed by atoms with E-state index in [-0.39, 0.29) is 42.1 Å². The summed E-state index contributed by atoms with van der Waals surface area (Å²) < 4.78 is 88.4. The van der Waals surface area contributed by atoms with Crippen LogP contribution in [0.25, 0.3) is 0 Å². The fourth-order valence-corrected chi connectivity index (χ4v) is 8.07. The SMILES string of the molecule is CC[C@@H]1CCCC[C@H]1NC.COc1cc(F)ccc1Br.COc1cc(F)ccc1I.COc1cc(F)ccc1N1CCO[C@H]([C@@H](O)C(=O)Nc2ccc(C(=N)N)cc2)C1=O.Oc1cc(F)ccc1Br.[2H]CF. The van der Waals surface area contributed by atoms with Gasteiger partial charge in [0.15, 0.2) is 12.2 Å². The first-order valence-corrected chi connectivity index (χ1v) is 24.3. The molecule has 71 heavy (non-hydrogen) atoms. The lowest BCUT2D eigenvalue weighted by Crippen LogP contribution is -2.55. The molecule has 0 aromatic heterocycles. The molecule has 1 saturated carbocycles. The summed E-state index contributed by atoms with van der Waals surface area (Å²) in [5, 5.41) is 32.5. The number of carbonyl (C=O) groups excluding carboxylic acids is 2. The van der Waals surface area contributed by atoms with Crippen LogP contribution in [0.3, 0.4) is 0 Å². The summed E-state index contributed by atoms with van der Waals surface area (Å²) in [7, 11) is 5.47. The third-order valence-electron chi connectivity index (χ3n) is 10.5. The molecule has 5 aromatic rings. The molecular formula is C50H59Br2F5IN5O8. The average molecular weight is 1240 g/mol. The summed E-state index contributed by atoms with van der Waals surface area (Å²) in [6.07, 6.45) is 3.87. The van der Waals surface area contributed by atoms with Gasteiger partial charge in [0.1, 0.15) is 52.1 Å². The Balaban J connectivity index is 0.000000345. The number of anilines is 2. The van der Waals surface area contributed by atoms with E-state index in [0.717, 1.165) is 32.1 Å². The van der Waals surface area contributed by atoms with Crippen LogP contribution in [0, 0.1) is 38.2 Å². The minimum absolute atomic E-state index is 0.0641. The summed E-state index contributed by atoms with van der Waals surface area (Å²) in [5.74, 6) is -0.998. The zero-order chi connectivity index (χ0) is 53.9. The minimum atomic E-state index is -1.78. The molecule has 0 radical (unpaired) electrons. The maximum Gasteiger partial charge on any atom is 0.259 e. The van der Waals surface area contributed by atoms with Crippen LogP contribution in [0.5, 0.6) is 23.0 Å². The van der Waals surface area contributed by atoms with Crippen molar-refractivity contribution in [2.24, 2.45) is 11.7 Å². The predicted molar refractivity (Wildman–Crippen MR) is 281 cm³/mol. The molecule has 1 saturated heterocycles. The number of halogens is 8. The van der Waals surface area contributed by atoms with Gasteiger partial charge < -0.3 is 50.4 Å². The quantitative estimate of drug-likeness (QED) is 0.0340. The maximum atomic E-state index is 13.5. The van der Waals surface area contributed by atoms with E-state index >= 15 is 0 Å². The van der Waals surface area contributed by atoms with Crippen molar-refractivity contribution in [3.05, 3.63) is 138 Å². The van der Waals surface area contributed by atoms with Gasteiger partial charge in [0.25, 0.3) is 11.8 Å². The van der Waals surface area contributed by atoms with Crippen LogP contribution >= 0.6 is 54.5 Å². The van der Waals surface area contributed by atoms with E-state index in [4.69, 9.17) is 36.6 Å². The Morgan fingerprint density at radius 1 is 0.873 bits per heavy atom. The second kappa shape index (κ2) is 32.8. The molecule has 0 bridgehead atoms. The molecule has 2 fully saturated rings. The number of morpholine rings is 1. The molecule has 388 valence electrons. The van der Waals surface area contributed by atoms with Crippen LogP contribution in [-0.2, 0) is 14.3 Å². The first-order chi connectivity index (χ1) is 34.3. The van der Waals surface area contributed by atoms with Crippen molar-refractivity contribution in [1.82, 2.24) is 5.32 Å². The van der Waals surface area contributed by atoms with Crippen LogP contribution in [0.15, 0.2) is 106 Å². The fourth-order valence-electron chi connectivity index (χ4n) is 6.86. The number of nitrogen functional groups attached to an aromatic ring is 1. The smallest absolute Gasteiger partial charge is 0.259 e. The lowest BCUT2D eigenvalue weighted by molar-refractivity contribution is -0.150. The number of aromatic hydroxyl groups is 1. The number of aliphatic hydroxyl groups is 1. The lowest BCUT2D eigenvalue weighted by Gasteiger charge is -2.34. The Hall–Kier alpha value is -5.07. The van der Waals surface area contributed by atoms with E-state index < -0.39 is 42.8 Å². The van der Waals surface area contributed by atoms with Crippen molar-refractivity contribution in [2.45, 2.75) is 57.3 Å². The summed E-state index contributed by atoms with van der Waals surface area (Å²) in [4.78, 5) is 26.6. The third kappa shape index (κ3) is 20.5. The molecule has 0 spiro atoms. The molecule has 1 heterocycles. The molecule has 7 N–H and O–H groups in total. The number of hydrogen-bond acceptors (Lipinski definition) is 10. The van der Waals surface area contributed by atoms with Gasteiger partial charge >= 0.3 is 0 Å². The van der Waals surface area contributed by atoms with Crippen molar-refractivity contribution < 1.29 is 62.1 Å². The highest BCUT2D eigenvalue weighted by atomic mass is 127. The predicted octanol–water partition coefficient (Wildman–Crippen LogP) is 10.9. The number of carbonyl (C=O) groups is 2. The number of rotatable bonds is 10. The molecule has 2 aliphatic rings. The van der Waals surface area contributed by atoms with E-state index in [2.05, 4.69) is 79.1 Å². The number of phenols is 1. The van der Waals surface area contributed by atoms with Crippen molar-refractivity contribution in [1.29, 1.82) is 5.41 Å². The zero-order valence-electron chi connectivity index (χ0n) is 40.6. The number of nitrogens with two attached hydrogens (primary N) is 1. The van der Waals surface area contributed by atoms with Gasteiger partial charge in [-0.3, -0.25) is 19.4 Å². The van der Waals surface area contributed by atoms with Crippen molar-refractivity contribution in [2.75, 3.05) is 58.9 Å². The van der Waals surface area contributed by atoms with Crippen molar-refractivity contribution in [3.8, 4) is 23.0 Å². The summed E-state index contributed by atoms with van der Waals surface area (Å²) in [5.41, 5.74) is 6.52. The number of methoxy groups -OCH3 is 3. The summed E-state index contributed by atoms with van der Waals surface area (Å²) >= 11 is 8.30. The lowest BCUT2D eigenvalue weighted by atomic mass is 9.83. The van der Waals surface area contributed by atoms with Gasteiger partial charge in [-0.2, -0.15) is 0 Å². The molecular weight excluding hydrogens is 1180 g/mol. The zero-order valence-corrected chi connectivity index (χ0v) is 44.9. The molecule has 5 aromatic carbocycles. The first kappa shape index (κ1) is 60.2. The van der Waals surface area contributed by atoms with Crippen LogP contribution in [-0.4, -0.2) is 94.8 Å². The van der Waals surface area contributed by atoms with Gasteiger partial charge in [-0.05, 0) is 153 Å². The minimum Gasteiger partial charge on any atom is -0.507 e. The van der Waals surface area contributed by atoms with E-state index in [1.165, 1.54) is 131 Å². The Kier molecular flexibility index (Phi) is 27.8. The second-order valence-corrected chi connectivity index (χ2v) is 17.9. The van der Waals surface area contributed by atoms with Crippen molar-refractivity contribution in [3.63, 3.8) is 0 Å². The van der Waals surface area contributed by atoms with E-state index in [9.17, 15) is 36.6 Å². The van der Waals surface area contributed by atoms with E-state index in [0.29, 0.717) is 32.9 Å². The second-order valence-electron chi connectivity index (χ2n) is 15.0. The molecule has 21 heteroatoms. The Morgan fingerprint density at radius 3 is 1.89 bits per heavy atom. The Morgan fingerprint density at radius 2 is 1.39 bits per heavy atom. The molecule has 1 aliphatic carbocycles. The highest BCUT2D eigenvalue weighted by Gasteiger charge is 2.40. The number of nitrogens with zero attached hydrogens (tertiary/aromatic N) is 1. The van der Waals surface area contributed by atoms with Crippen LogP contribution in [0.4, 0.5) is 33.3 Å². The largest absolute Gasteiger partial charge is 0.507 e. The molecule has 1 aliphatic heterocycles. The third-order valence-corrected chi connectivity index (χ3v) is 12.7. The van der Waals surface area contributed by atoms with Crippen LogP contribution in [0.2, 0.25) is 0 Å². The van der Waals surface area contributed by atoms with E-state index in [1.807, 2.05) is 0 Å². The number of aliphatic hydroxyl groups excluding tert-OH is 1. The number of hydrogen-bond donors (Lipinski definition) is 6. The monoisotopic (exact) mass is 1240 g/mol. The van der Waals surface area contributed by atoms with Gasteiger partial charge in [-0.25, -0.2) is 17.6 Å². The van der Waals surface area contributed by atoms with E-state index in [1.54, 1.807) is 12.1 Å². The molecule has 13 nitrogen and oxygen atoms in total. The summed E-state index contributed by atoms with van der Waals surface area (Å²) in [6.45, 7) is 2.52. The number of alkyl halides is 1. The number of ether oxygens (including phenoxy) is 4. The molecule has 0 unspecified atom stereocenters. The number of phenolic OH excluding ortho intramolecular Hbond substituents is 1. The first-order valence-electron chi connectivity index (χ1n) is 22.3. The fraction of sp³-hybridized carbons (Fsp3) is 0.340. The topological polar surface area (TPSA) is 189 Å². The highest BCUT2D eigenvalue weighted by Crippen LogP contribution is 2.32. The van der Waals surface area contributed by atoms with Crippen molar-refractivity contribution >= 4 is 83.5 Å². The molecule has 4 atom stereocenters. The van der Waals surface area contributed by atoms with Crippen LogP contribution < -0.4 is 35.5 Å².